The third-order valence-corrected chi connectivity index (χ3v) is 5.19. The van der Waals surface area contributed by atoms with E-state index in [1.807, 2.05) is 40.9 Å². The summed E-state index contributed by atoms with van der Waals surface area (Å²) >= 11 is 1.63. The Morgan fingerprint density at radius 2 is 1.86 bits per heavy atom. The molecule has 0 aliphatic rings. The summed E-state index contributed by atoms with van der Waals surface area (Å²) in [6, 6.07) is 11.9. The van der Waals surface area contributed by atoms with Crippen molar-refractivity contribution in [3.8, 4) is 28.2 Å². The van der Waals surface area contributed by atoms with E-state index in [1.54, 1.807) is 30.8 Å². The Balaban J connectivity index is 1.68. The number of nitrogens with one attached hydrogen (secondary N) is 1. The molecular weight excluding hydrogens is 380 g/mol. The van der Waals surface area contributed by atoms with Crippen LogP contribution in [-0.2, 0) is 0 Å². The van der Waals surface area contributed by atoms with E-state index in [9.17, 15) is 0 Å². The van der Waals surface area contributed by atoms with E-state index in [0.29, 0.717) is 0 Å². The van der Waals surface area contributed by atoms with Gasteiger partial charge >= 0.3 is 0 Å². The first-order valence-electron chi connectivity index (χ1n) is 9.29. The van der Waals surface area contributed by atoms with Gasteiger partial charge in [0.2, 0.25) is 0 Å². The van der Waals surface area contributed by atoms with Gasteiger partial charge < -0.3 is 10.1 Å². The van der Waals surface area contributed by atoms with Gasteiger partial charge in [-0.25, -0.2) is 4.98 Å². The molecule has 3 aromatic heterocycles. The number of fused-ring (bicyclic) bond motifs is 1. The lowest BCUT2D eigenvalue weighted by atomic mass is 10.1. The van der Waals surface area contributed by atoms with Gasteiger partial charge in [0.1, 0.15) is 17.3 Å². The first-order chi connectivity index (χ1) is 13.9. The number of ether oxygens (including phenoxy) is 1. The van der Waals surface area contributed by atoms with Gasteiger partial charge in [0.05, 0.1) is 23.1 Å². The molecule has 0 radical (unpaired) electrons. The standard InChI is InChI=1S/C23H22N4OS/c1-23(2,3)26-22-21(25-20-15-24-13-14-27(20)22)19-12-11-18(29-19)10-7-16-5-8-17(28-4)9-6-16/h5-6,8-9,11-15,26H,1-4H3. The predicted octanol–water partition coefficient (Wildman–Crippen LogP) is 5.08. The van der Waals surface area contributed by atoms with Crippen molar-refractivity contribution in [3.63, 3.8) is 0 Å². The minimum Gasteiger partial charge on any atom is -0.497 e. The van der Waals surface area contributed by atoms with Gasteiger partial charge in [0.25, 0.3) is 0 Å². The molecule has 3 heterocycles. The molecule has 4 rings (SSSR count). The lowest BCUT2D eigenvalue weighted by Crippen LogP contribution is -2.27. The van der Waals surface area contributed by atoms with Crippen LogP contribution in [0.15, 0.2) is 55.0 Å². The number of thiophene rings is 1. The smallest absolute Gasteiger partial charge is 0.157 e. The lowest BCUT2D eigenvalue weighted by molar-refractivity contribution is 0.415. The maximum atomic E-state index is 5.19. The van der Waals surface area contributed by atoms with Gasteiger partial charge in [0, 0.05) is 23.5 Å². The van der Waals surface area contributed by atoms with E-state index >= 15 is 0 Å². The molecule has 4 aromatic rings. The summed E-state index contributed by atoms with van der Waals surface area (Å²) in [5, 5.41) is 3.58. The van der Waals surface area contributed by atoms with Crippen LogP contribution in [0.5, 0.6) is 5.75 Å². The number of imidazole rings is 1. The van der Waals surface area contributed by atoms with Gasteiger partial charge in [-0.2, -0.15) is 0 Å². The Bertz CT molecular complexity index is 1200. The lowest BCUT2D eigenvalue weighted by Gasteiger charge is -2.22. The Hall–Kier alpha value is -3.30. The van der Waals surface area contributed by atoms with Crippen molar-refractivity contribution >= 4 is 22.8 Å². The largest absolute Gasteiger partial charge is 0.497 e. The van der Waals surface area contributed by atoms with Crippen LogP contribution in [0.25, 0.3) is 16.2 Å². The van der Waals surface area contributed by atoms with Crippen molar-refractivity contribution in [3.05, 3.63) is 65.4 Å². The molecule has 0 aliphatic carbocycles. The van der Waals surface area contributed by atoms with Crippen LogP contribution >= 0.6 is 11.3 Å². The highest BCUT2D eigenvalue weighted by Gasteiger charge is 2.20. The van der Waals surface area contributed by atoms with Crippen molar-refractivity contribution in [1.82, 2.24) is 14.4 Å². The van der Waals surface area contributed by atoms with E-state index in [1.165, 1.54) is 0 Å². The first-order valence-corrected chi connectivity index (χ1v) is 10.1. The molecule has 146 valence electrons. The summed E-state index contributed by atoms with van der Waals surface area (Å²) in [6.07, 6.45) is 5.47. The zero-order chi connectivity index (χ0) is 20.4. The van der Waals surface area contributed by atoms with Crippen molar-refractivity contribution in [2.45, 2.75) is 26.3 Å². The van der Waals surface area contributed by atoms with Crippen LogP contribution in [-0.4, -0.2) is 27.0 Å². The molecule has 0 bridgehead atoms. The summed E-state index contributed by atoms with van der Waals surface area (Å²) in [5.74, 6) is 8.25. The van der Waals surface area contributed by atoms with Crippen molar-refractivity contribution in [1.29, 1.82) is 0 Å². The molecule has 1 N–H and O–H groups in total. The number of anilines is 1. The Kier molecular flexibility index (Phi) is 4.99. The molecule has 0 aliphatic heterocycles. The fourth-order valence-corrected chi connectivity index (χ4v) is 3.74. The van der Waals surface area contributed by atoms with E-state index < -0.39 is 0 Å². The van der Waals surface area contributed by atoms with E-state index in [0.717, 1.165) is 38.2 Å². The van der Waals surface area contributed by atoms with Gasteiger partial charge in [-0.05, 0) is 57.2 Å². The number of hydrogen-bond donors (Lipinski definition) is 1. The number of aromatic nitrogens is 3. The average Bonchev–Trinajstić information content (AvgIpc) is 3.31. The highest BCUT2D eigenvalue weighted by molar-refractivity contribution is 7.16. The molecule has 0 amide bonds. The predicted molar refractivity (Wildman–Crippen MR) is 119 cm³/mol. The van der Waals surface area contributed by atoms with E-state index in [4.69, 9.17) is 9.72 Å². The summed E-state index contributed by atoms with van der Waals surface area (Å²) < 4.78 is 7.23. The Morgan fingerprint density at radius 3 is 2.59 bits per heavy atom. The first kappa shape index (κ1) is 19.0. The van der Waals surface area contributed by atoms with Crippen molar-refractivity contribution in [2.75, 3.05) is 12.4 Å². The number of benzene rings is 1. The summed E-state index contributed by atoms with van der Waals surface area (Å²) in [4.78, 5) is 11.1. The van der Waals surface area contributed by atoms with Gasteiger partial charge in [-0.15, -0.1) is 11.3 Å². The molecule has 0 unspecified atom stereocenters. The maximum Gasteiger partial charge on any atom is 0.157 e. The third-order valence-electron chi connectivity index (χ3n) is 4.18. The van der Waals surface area contributed by atoms with Crippen LogP contribution in [0, 0.1) is 11.8 Å². The van der Waals surface area contributed by atoms with Crippen LogP contribution in [0.1, 0.15) is 31.2 Å². The molecule has 0 fully saturated rings. The highest BCUT2D eigenvalue weighted by atomic mass is 32.1. The fourth-order valence-electron chi connectivity index (χ4n) is 2.89. The zero-order valence-electron chi connectivity index (χ0n) is 16.9. The number of nitrogens with zero attached hydrogens (tertiary/aromatic N) is 3. The average molecular weight is 403 g/mol. The number of rotatable bonds is 3. The number of methoxy groups -OCH3 is 1. The second-order valence-corrected chi connectivity index (χ2v) is 8.71. The molecule has 0 atom stereocenters. The molecule has 0 spiro atoms. The summed E-state index contributed by atoms with van der Waals surface area (Å²) in [5.41, 5.74) is 2.58. The SMILES string of the molecule is COc1ccc(C#Cc2ccc(-c3nc4cnccn4c3NC(C)(C)C)s2)cc1. The zero-order valence-corrected chi connectivity index (χ0v) is 17.7. The number of hydrogen-bond acceptors (Lipinski definition) is 5. The topological polar surface area (TPSA) is 51.5 Å². The van der Waals surface area contributed by atoms with E-state index in [-0.39, 0.29) is 5.54 Å². The monoisotopic (exact) mass is 402 g/mol. The van der Waals surface area contributed by atoms with Crippen LogP contribution in [0.3, 0.4) is 0 Å². The molecule has 1 aromatic carbocycles. The molecule has 29 heavy (non-hydrogen) atoms. The van der Waals surface area contributed by atoms with Crippen molar-refractivity contribution in [2.24, 2.45) is 0 Å². The van der Waals surface area contributed by atoms with Crippen LogP contribution in [0.2, 0.25) is 0 Å². The fraction of sp³-hybridized carbons (Fsp3) is 0.217. The van der Waals surface area contributed by atoms with Crippen molar-refractivity contribution < 1.29 is 4.74 Å². The molecular formula is C23H22N4OS. The minimum atomic E-state index is -0.0950. The van der Waals surface area contributed by atoms with Crippen LogP contribution in [0.4, 0.5) is 5.82 Å². The molecule has 0 saturated carbocycles. The van der Waals surface area contributed by atoms with Gasteiger partial charge in [-0.3, -0.25) is 9.38 Å². The maximum absolute atomic E-state index is 5.19. The quantitative estimate of drug-likeness (QED) is 0.486. The van der Waals surface area contributed by atoms with Gasteiger partial charge in [-0.1, -0.05) is 11.8 Å². The van der Waals surface area contributed by atoms with E-state index in [2.05, 4.69) is 49.0 Å². The third kappa shape index (κ3) is 4.25. The Morgan fingerprint density at radius 1 is 1.07 bits per heavy atom. The highest BCUT2D eigenvalue weighted by Crippen LogP contribution is 2.34. The summed E-state index contributed by atoms with van der Waals surface area (Å²) in [6.45, 7) is 6.41. The second-order valence-electron chi connectivity index (χ2n) is 7.63. The molecule has 6 heteroatoms. The molecule has 0 saturated heterocycles. The van der Waals surface area contributed by atoms with Gasteiger partial charge in [0.15, 0.2) is 5.65 Å². The normalized spacial score (nSPS) is 11.2. The molecule has 5 nitrogen and oxygen atoms in total. The Labute approximate surface area is 174 Å². The minimum absolute atomic E-state index is 0.0950. The second kappa shape index (κ2) is 7.61. The van der Waals surface area contributed by atoms with Crippen LogP contribution < -0.4 is 10.1 Å². The summed E-state index contributed by atoms with van der Waals surface area (Å²) in [7, 11) is 1.66.